The van der Waals surface area contributed by atoms with Crippen molar-refractivity contribution in [2.24, 2.45) is 5.92 Å². The number of rotatable bonds is 3. The van der Waals surface area contributed by atoms with E-state index in [-0.39, 0.29) is 5.92 Å². The summed E-state index contributed by atoms with van der Waals surface area (Å²) in [4.78, 5) is 24.7. The smallest absolute Gasteiger partial charge is 0.225 e. The summed E-state index contributed by atoms with van der Waals surface area (Å²) in [7, 11) is 2.19. The zero-order valence-electron chi connectivity index (χ0n) is 17.0. The first-order valence-electron chi connectivity index (χ1n) is 10.8. The maximum absolute atomic E-state index is 12.9. The van der Waals surface area contributed by atoms with Crippen molar-refractivity contribution < 1.29 is 4.79 Å². The van der Waals surface area contributed by atoms with Crippen LogP contribution in [-0.2, 0) is 4.79 Å². The molecule has 1 aromatic rings. The molecule has 0 unspecified atom stereocenters. The highest BCUT2D eigenvalue weighted by Crippen LogP contribution is 2.32. The lowest BCUT2D eigenvalue weighted by Gasteiger charge is -2.34. The third kappa shape index (κ3) is 4.29. The number of likely N-dealkylation sites (tertiary alicyclic amines) is 1. The van der Waals surface area contributed by atoms with Gasteiger partial charge in [0.15, 0.2) is 0 Å². The molecule has 1 aliphatic carbocycles. The fraction of sp³-hybridized carbons (Fsp3) is 0.727. The Bertz CT molecular complexity index is 662. The van der Waals surface area contributed by atoms with Crippen LogP contribution in [0.3, 0.4) is 0 Å². The first-order valence-corrected chi connectivity index (χ1v) is 10.8. The highest BCUT2D eigenvalue weighted by molar-refractivity contribution is 5.79. The Labute approximate surface area is 163 Å². The van der Waals surface area contributed by atoms with Gasteiger partial charge in [0.2, 0.25) is 5.91 Å². The maximum atomic E-state index is 12.9. The summed E-state index contributed by atoms with van der Waals surface area (Å²) in [5, 5.41) is 0. The van der Waals surface area contributed by atoms with Crippen LogP contribution in [-0.4, -0.2) is 67.0 Å². The molecule has 5 heteroatoms. The summed E-state index contributed by atoms with van der Waals surface area (Å²) in [5.41, 5.74) is 3.59. The molecule has 0 bridgehead atoms. The number of pyridine rings is 1. The van der Waals surface area contributed by atoms with Crippen molar-refractivity contribution in [1.29, 1.82) is 0 Å². The number of likely N-dealkylation sites (N-methyl/N-ethyl adjacent to an activating group) is 1. The molecule has 0 radical (unpaired) electrons. The largest absolute Gasteiger partial charge is 0.369 e. The van der Waals surface area contributed by atoms with Crippen LogP contribution in [0.25, 0.3) is 0 Å². The lowest BCUT2D eigenvalue weighted by Crippen LogP contribution is -2.44. The van der Waals surface area contributed by atoms with E-state index in [4.69, 9.17) is 4.98 Å². The number of amides is 1. The number of nitrogens with zero attached hydrogens (tertiary/aromatic N) is 4. The summed E-state index contributed by atoms with van der Waals surface area (Å²) in [5.74, 6) is 1.08. The number of aryl methyl sites for hydroxylation is 1. The maximum Gasteiger partial charge on any atom is 0.225 e. The number of carbonyl (C=O) groups is 1. The van der Waals surface area contributed by atoms with Gasteiger partial charge in [-0.3, -0.25) is 9.78 Å². The van der Waals surface area contributed by atoms with Crippen molar-refractivity contribution >= 4 is 11.6 Å². The Balaban J connectivity index is 1.43. The summed E-state index contributed by atoms with van der Waals surface area (Å²) in [6.45, 7) is 8.25. The predicted molar refractivity (Wildman–Crippen MR) is 109 cm³/mol. The normalized spacial score (nSPS) is 25.2. The van der Waals surface area contributed by atoms with E-state index in [1.165, 1.54) is 30.6 Å². The SMILES string of the molecule is Cc1cc(N2CCN(C)CC2)cc([C@H]2CCN(C(=O)C3CCCCC3)C2)n1. The molecule has 4 rings (SSSR count). The Morgan fingerprint density at radius 2 is 1.74 bits per heavy atom. The van der Waals surface area contributed by atoms with Crippen molar-refractivity contribution in [3.05, 3.63) is 23.5 Å². The molecule has 0 N–H and O–H groups in total. The summed E-state index contributed by atoms with van der Waals surface area (Å²) >= 11 is 0. The molecule has 27 heavy (non-hydrogen) atoms. The molecule has 1 amide bonds. The van der Waals surface area contributed by atoms with Crippen LogP contribution in [0, 0.1) is 12.8 Å². The molecule has 148 valence electrons. The first-order chi connectivity index (χ1) is 13.1. The monoisotopic (exact) mass is 370 g/mol. The molecule has 2 aliphatic heterocycles. The molecular formula is C22H34N4O. The van der Waals surface area contributed by atoms with Gasteiger partial charge in [-0.25, -0.2) is 0 Å². The minimum absolute atomic E-state index is 0.281. The van der Waals surface area contributed by atoms with Gasteiger partial charge in [0.1, 0.15) is 0 Å². The second-order valence-electron chi connectivity index (χ2n) is 8.79. The second-order valence-corrected chi connectivity index (χ2v) is 8.79. The Morgan fingerprint density at radius 1 is 1.00 bits per heavy atom. The van der Waals surface area contributed by atoms with Crippen LogP contribution in [0.1, 0.15) is 55.8 Å². The third-order valence-electron chi connectivity index (χ3n) is 6.70. The third-order valence-corrected chi connectivity index (χ3v) is 6.70. The molecule has 2 saturated heterocycles. The number of aromatic nitrogens is 1. The van der Waals surface area contributed by atoms with E-state index >= 15 is 0 Å². The van der Waals surface area contributed by atoms with Crippen LogP contribution in [0.4, 0.5) is 5.69 Å². The van der Waals surface area contributed by atoms with E-state index in [0.29, 0.717) is 11.8 Å². The van der Waals surface area contributed by atoms with Gasteiger partial charge < -0.3 is 14.7 Å². The number of carbonyl (C=O) groups excluding carboxylic acids is 1. The highest BCUT2D eigenvalue weighted by atomic mass is 16.2. The van der Waals surface area contributed by atoms with Crippen molar-refractivity contribution in [2.45, 2.75) is 51.4 Å². The second kappa shape index (κ2) is 8.17. The van der Waals surface area contributed by atoms with Crippen molar-refractivity contribution in [3.63, 3.8) is 0 Å². The number of hydrogen-bond donors (Lipinski definition) is 0. The lowest BCUT2D eigenvalue weighted by molar-refractivity contribution is -0.135. The van der Waals surface area contributed by atoms with Gasteiger partial charge in [-0.15, -0.1) is 0 Å². The van der Waals surface area contributed by atoms with Crippen molar-refractivity contribution in [1.82, 2.24) is 14.8 Å². The van der Waals surface area contributed by atoms with Gasteiger partial charge in [-0.1, -0.05) is 19.3 Å². The van der Waals surface area contributed by atoms with E-state index in [9.17, 15) is 4.79 Å². The first kappa shape index (κ1) is 18.7. The van der Waals surface area contributed by atoms with E-state index < -0.39 is 0 Å². The number of hydrogen-bond acceptors (Lipinski definition) is 4. The Hall–Kier alpha value is -1.62. The fourth-order valence-corrected chi connectivity index (χ4v) is 4.94. The Morgan fingerprint density at radius 3 is 2.48 bits per heavy atom. The van der Waals surface area contributed by atoms with Crippen molar-refractivity contribution in [2.75, 3.05) is 51.2 Å². The molecule has 3 fully saturated rings. The molecule has 1 saturated carbocycles. The average molecular weight is 371 g/mol. The predicted octanol–water partition coefficient (Wildman–Crippen LogP) is 3.04. The van der Waals surface area contributed by atoms with E-state index in [0.717, 1.165) is 64.2 Å². The minimum atomic E-state index is 0.281. The topological polar surface area (TPSA) is 39.7 Å². The molecule has 1 aromatic heterocycles. The summed E-state index contributed by atoms with van der Waals surface area (Å²) < 4.78 is 0. The summed E-state index contributed by atoms with van der Waals surface area (Å²) in [6, 6.07) is 4.51. The van der Waals surface area contributed by atoms with Gasteiger partial charge in [0.05, 0.1) is 0 Å². The molecule has 3 aliphatic rings. The van der Waals surface area contributed by atoms with E-state index in [1.807, 2.05) is 0 Å². The molecule has 1 atom stereocenters. The van der Waals surface area contributed by atoms with Gasteiger partial charge >= 0.3 is 0 Å². The van der Waals surface area contributed by atoms with Crippen molar-refractivity contribution in [3.8, 4) is 0 Å². The van der Waals surface area contributed by atoms with Gasteiger partial charge in [0.25, 0.3) is 0 Å². The lowest BCUT2D eigenvalue weighted by atomic mass is 9.88. The van der Waals surface area contributed by atoms with Gasteiger partial charge in [0, 0.05) is 68.2 Å². The van der Waals surface area contributed by atoms with Gasteiger partial charge in [-0.05, 0) is 45.4 Å². The van der Waals surface area contributed by atoms with Crippen LogP contribution in [0.2, 0.25) is 0 Å². The highest BCUT2D eigenvalue weighted by Gasteiger charge is 2.33. The molecule has 0 aromatic carbocycles. The standard InChI is InChI=1S/C22H34N4O/c1-17-14-20(25-12-10-24(2)11-13-25)15-21(23-17)19-8-9-26(16-19)22(27)18-6-4-3-5-7-18/h14-15,18-19H,3-13,16H2,1-2H3/t19-/m0/s1. The average Bonchev–Trinajstić information content (AvgIpc) is 3.18. The molecule has 3 heterocycles. The van der Waals surface area contributed by atoms with Crippen LogP contribution in [0.15, 0.2) is 12.1 Å². The van der Waals surface area contributed by atoms with Crippen LogP contribution >= 0.6 is 0 Å². The van der Waals surface area contributed by atoms with Crippen LogP contribution < -0.4 is 4.90 Å². The molecule has 0 spiro atoms. The molecule has 5 nitrogen and oxygen atoms in total. The molecular weight excluding hydrogens is 336 g/mol. The van der Waals surface area contributed by atoms with E-state index in [2.05, 4.69) is 40.8 Å². The fourth-order valence-electron chi connectivity index (χ4n) is 4.94. The van der Waals surface area contributed by atoms with E-state index in [1.54, 1.807) is 0 Å². The zero-order chi connectivity index (χ0) is 18.8. The zero-order valence-corrected chi connectivity index (χ0v) is 17.0. The number of anilines is 1. The number of piperazine rings is 1. The van der Waals surface area contributed by atoms with Gasteiger partial charge in [-0.2, -0.15) is 0 Å². The Kier molecular flexibility index (Phi) is 5.67. The van der Waals surface area contributed by atoms with Crippen LogP contribution in [0.5, 0.6) is 0 Å². The minimum Gasteiger partial charge on any atom is -0.369 e. The summed E-state index contributed by atoms with van der Waals surface area (Å²) in [6.07, 6.45) is 6.99. The quantitative estimate of drug-likeness (QED) is 0.820.